The molecule has 3 nitrogen and oxygen atoms in total. The van der Waals surface area contributed by atoms with Crippen molar-refractivity contribution in [1.29, 1.82) is 0 Å². The van der Waals surface area contributed by atoms with Crippen LogP contribution >= 0.6 is 8.60 Å². The zero-order valence-corrected chi connectivity index (χ0v) is 24.7. The molecule has 3 aliphatic rings. The van der Waals surface area contributed by atoms with E-state index in [1.807, 2.05) is 0 Å². The molecule has 3 fully saturated rings. The van der Waals surface area contributed by atoms with E-state index in [-0.39, 0.29) is 18.3 Å². The van der Waals surface area contributed by atoms with E-state index in [2.05, 4.69) is 91.0 Å². The second kappa shape index (κ2) is 14.2. The summed E-state index contributed by atoms with van der Waals surface area (Å²) in [6, 6.07) is 33.0. The largest absolute Gasteiger partial charge is 0.333 e. The van der Waals surface area contributed by atoms with Crippen LogP contribution in [-0.2, 0) is 13.6 Å². The van der Waals surface area contributed by atoms with Crippen molar-refractivity contribution in [3.05, 3.63) is 108 Å². The third-order valence-corrected chi connectivity index (χ3v) is 10.8. The lowest BCUT2D eigenvalue weighted by Crippen LogP contribution is -2.31. The van der Waals surface area contributed by atoms with Crippen molar-refractivity contribution in [1.82, 2.24) is 0 Å². The third-order valence-electron chi connectivity index (χ3n) is 9.46. The van der Waals surface area contributed by atoms with Crippen LogP contribution < -0.4 is 0 Å². The molecule has 212 valence electrons. The van der Waals surface area contributed by atoms with Crippen molar-refractivity contribution >= 4 is 8.60 Å². The molecule has 0 amide bonds. The fourth-order valence-corrected chi connectivity index (χ4v) is 8.89. The second-order valence-electron chi connectivity index (χ2n) is 12.1. The molecule has 3 aromatic carbocycles. The van der Waals surface area contributed by atoms with Crippen LogP contribution in [0.15, 0.2) is 91.0 Å². The Morgan fingerprint density at radius 2 is 0.650 bits per heavy atom. The fraction of sp³-hybridized carbons (Fsp3) is 0.500. The molecule has 6 unspecified atom stereocenters. The molecular weight excluding hydrogens is 511 g/mol. The van der Waals surface area contributed by atoms with Gasteiger partial charge in [0.15, 0.2) is 0 Å². The zero-order chi connectivity index (χ0) is 27.0. The Kier molecular flexibility index (Phi) is 10.0. The lowest BCUT2D eigenvalue weighted by molar-refractivity contribution is 0.0183. The topological polar surface area (TPSA) is 27.7 Å². The molecule has 0 N–H and O–H groups in total. The SMILES string of the molecule is c1ccc(C2CCCCC2OP(OC2CCCCC2c2ccccc2)OC2CCCCC2c2ccccc2)cc1. The molecule has 3 saturated carbocycles. The fourth-order valence-electron chi connectivity index (χ4n) is 7.32. The number of hydrogen-bond acceptors (Lipinski definition) is 3. The molecule has 0 spiro atoms. The molecule has 3 aliphatic carbocycles. The summed E-state index contributed by atoms with van der Waals surface area (Å²) >= 11 is 0. The highest BCUT2D eigenvalue weighted by molar-refractivity contribution is 7.41. The van der Waals surface area contributed by atoms with Gasteiger partial charge in [-0.15, -0.1) is 0 Å². The first-order valence-corrected chi connectivity index (χ1v) is 16.9. The van der Waals surface area contributed by atoms with E-state index in [0.29, 0.717) is 17.8 Å². The van der Waals surface area contributed by atoms with Gasteiger partial charge >= 0.3 is 8.60 Å². The predicted octanol–water partition coefficient (Wildman–Crippen LogP) is 10.4. The number of hydrogen-bond donors (Lipinski definition) is 0. The Morgan fingerprint density at radius 3 is 0.950 bits per heavy atom. The number of rotatable bonds is 9. The molecule has 0 saturated heterocycles. The maximum atomic E-state index is 7.05. The predicted molar refractivity (Wildman–Crippen MR) is 164 cm³/mol. The van der Waals surface area contributed by atoms with E-state index in [0.717, 1.165) is 19.3 Å². The van der Waals surface area contributed by atoms with Crippen LogP contribution in [0, 0.1) is 0 Å². The van der Waals surface area contributed by atoms with Crippen molar-refractivity contribution in [3.63, 3.8) is 0 Å². The van der Waals surface area contributed by atoms with Gasteiger partial charge in [0.2, 0.25) is 0 Å². The van der Waals surface area contributed by atoms with Crippen LogP contribution in [0.3, 0.4) is 0 Å². The van der Waals surface area contributed by atoms with Crippen molar-refractivity contribution < 1.29 is 13.6 Å². The van der Waals surface area contributed by atoms with Gasteiger partial charge in [-0.05, 0) is 55.2 Å². The van der Waals surface area contributed by atoms with Gasteiger partial charge in [-0.3, -0.25) is 0 Å². The summed E-state index contributed by atoms with van der Waals surface area (Å²) in [5.41, 5.74) is 4.17. The van der Waals surface area contributed by atoms with Gasteiger partial charge in [0.25, 0.3) is 0 Å². The van der Waals surface area contributed by atoms with E-state index >= 15 is 0 Å². The van der Waals surface area contributed by atoms with Gasteiger partial charge in [-0.2, -0.15) is 0 Å². The quantitative estimate of drug-likeness (QED) is 0.245. The molecule has 0 bridgehead atoms. The third kappa shape index (κ3) is 7.05. The first-order chi connectivity index (χ1) is 19.8. The van der Waals surface area contributed by atoms with Gasteiger partial charge in [0, 0.05) is 17.8 Å². The van der Waals surface area contributed by atoms with Crippen molar-refractivity contribution in [2.45, 2.75) is 113 Å². The highest BCUT2D eigenvalue weighted by Crippen LogP contribution is 2.54. The average molecular weight is 557 g/mol. The summed E-state index contributed by atoms with van der Waals surface area (Å²) in [5.74, 6) is 1.21. The van der Waals surface area contributed by atoms with Crippen molar-refractivity contribution in [2.24, 2.45) is 0 Å². The Morgan fingerprint density at radius 1 is 0.375 bits per heavy atom. The van der Waals surface area contributed by atoms with Crippen LogP contribution in [0.25, 0.3) is 0 Å². The van der Waals surface area contributed by atoms with Crippen LogP contribution in [0.5, 0.6) is 0 Å². The highest BCUT2D eigenvalue weighted by atomic mass is 31.2. The van der Waals surface area contributed by atoms with Gasteiger partial charge in [-0.25, -0.2) is 0 Å². The normalized spacial score (nSPS) is 30.0. The molecule has 6 atom stereocenters. The van der Waals surface area contributed by atoms with Crippen molar-refractivity contribution in [3.8, 4) is 0 Å². The van der Waals surface area contributed by atoms with Gasteiger partial charge in [0.05, 0.1) is 18.3 Å². The van der Waals surface area contributed by atoms with Crippen LogP contribution in [-0.4, -0.2) is 18.3 Å². The summed E-state index contributed by atoms with van der Waals surface area (Å²) in [6.07, 6.45) is 14.6. The molecule has 6 rings (SSSR count). The first-order valence-electron chi connectivity index (χ1n) is 15.8. The molecule has 0 aliphatic heterocycles. The molecule has 3 aromatic rings. The molecule has 4 heteroatoms. The average Bonchev–Trinajstić information content (AvgIpc) is 3.03. The van der Waals surface area contributed by atoms with Crippen LogP contribution in [0.1, 0.15) is 111 Å². The lowest BCUT2D eigenvalue weighted by atomic mass is 9.82. The minimum absolute atomic E-state index is 0.139. The minimum Gasteiger partial charge on any atom is -0.308 e. The zero-order valence-electron chi connectivity index (χ0n) is 23.8. The molecule has 0 heterocycles. The minimum atomic E-state index is -1.48. The molecule has 0 radical (unpaired) electrons. The summed E-state index contributed by atoms with van der Waals surface area (Å²) < 4.78 is 21.2. The molecule has 40 heavy (non-hydrogen) atoms. The van der Waals surface area contributed by atoms with Crippen molar-refractivity contribution in [2.75, 3.05) is 0 Å². The molecular formula is C36H45O3P. The summed E-state index contributed by atoms with van der Waals surface area (Å²) in [7, 11) is -1.48. The Hall–Kier alpha value is -2.03. The van der Waals surface area contributed by atoms with Gasteiger partial charge in [0.1, 0.15) is 0 Å². The summed E-state index contributed by atoms with van der Waals surface area (Å²) in [5, 5.41) is 0. The van der Waals surface area contributed by atoms with E-state index in [9.17, 15) is 0 Å². The smallest absolute Gasteiger partial charge is 0.308 e. The maximum Gasteiger partial charge on any atom is 0.333 e. The Balaban J connectivity index is 1.25. The lowest BCUT2D eigenvalue weighted by Gasteiger charge is -2.39. The Labute approximate surface area is 242 Å². The molecule has 0 aromatic heterocycles. The van der Waals surface area contributed by atoms with Crippen LogP contribution in [0.2, 0.25) is 0 Å². The highest BCUT2D eigenvalue weighted by Gasteiger charge is 2.38. The maximum absolute atomic E-state index is 7.05. The second-order valence-corrected chi connectivity index (χ2v) is 13.1. The Bertz CT molecular complexity index is 994. The monoisotopic (exact) mass is 556 g/mol. The van der Waals surface area contributed by atoms with Crippen LogP contribution in [0.4, 0.5) is 0 Å². The van der Waals surface area contributed by atoms with E-state index in [4.69, 9.17) is 13.6 Å². The van der Waals surface area contributed by atoms with Gasteiger partial charge in [-0.1, -0.05) is 130 Å². The summed E-state index contributed by atoms with van der Waals surface area (Å²) in [6.45, 7) is 0. The van der Waals surface area contributed by atoms with E-state index in [1.165, 1.54) is 74.5 Å². The van der Waals surface area contributed by atoms with Gasteiger partial charge < -0.3 is 13.6 Å². The first kappa shape index (κ1) is 28.1. The standard InChI is InChI=1S/C36H45O3P/c1-4-16-28(17-5-1)31-22-10-13-25-34(31)37-40(38-35-26-14-11-23-32(35)29-18-6-2-7-19-29)39-36-27-15-12-24-33(36)30-20-8-3-9-21-30/h1-9,16-21,31-36H,10-15,22-27H2. The van der Waals surface area contributed by atoms with E-state index < -0.39 is 8.60 Å². The number of benzene rings is 3. The van der Waals surface area contributed by atoms with E-state index in [1.54, 1.807) is 0 Å². The summed E-state index contributed by atoms with van der Waals surface area (Å²) in [4.78, 5) is 0.